The molecule has 3 heteroatoms. The second kappa shape index (κ2) is 6.87. The Morgan fingerprint density at radius 3 is 2.79 bits per heavy atom. The molecule has 0 radical (unpaired) electrons. The maximum absolute atomic E-state index is 6.29. The van der Waals surface area contributed by atoms with Crippen molar-refractivity contribution in [1.82, 2.24) is 4.90 Å². The fraction of sp³-hybridized carbons (Fsp3) is 0.625. The SMILES string of the molecule is CCC1CCCN(C(c2ccccc2Br)C(C)N)C1. The molecule has 2 nitrogen and oxygen atoms in total. The average Bonchev–Trinajstić information content (AvgIpc) is 2.41. The molecule has 1 aliphatic heterocycles. The number of hydrogen-bond acceptors (Lipinski definition) is 2. The van der Waals surface area contributed by atoms with Gasteiger partial charge in [-0.1, -0.05) is 47.5 Å². The van der Waals surface area contributed by atoms with Gasteiger partial charge in [-0.3, -0.25) is 4.90 Å². The third-order valence-electron chi connectivity index (χ3n) is 4.24. The first kappa shape index (κ1) is 15.0. The predicted molar refractivity (Wildman–Crippen MR) is 85.1 cm³/mol. The average molecular weight is 325 g/mol. The molecule has 0 bridgehead atoms. The summed E-state index contributed by atoms with van der Waals surface area (Å²) in [4.78, 5) is 2.59. The standard InChI is InChI=1S/C16H25BrN2/c1-3-13-7-6-10-19(11-13)16(12(2)18)14-8-4-5-9-15(14)17/h4-5,8-9,12-13,16H,3,6-7,10-11,18H2,1-2H3. The fourth-order valence-corrected chi connectivity index (χ4v) is 3.73. The molecule has 2 rings (SSSR count). The van der Waals surface area contributed by atoms with Gasteiger partial charge in [-0.15, -0.1) is 0 Å². The minimum absolute atomic E-state index is 0.148. The van der Waals surface area contributed by atoms with E-state index in [0.29, 0.717) is 6.04 Å². The van der Waals surface area contributed by atoms with Crippen molar-refractivity contribution >= 4 is 15.9 Å². The van der Waals surface area contributed by atoms with Crippen molar-refractivity contribution in [3.05, 3.63) is 34.3 Å². The highest BCUT2D eigenvalue weighted by Crippen LogP contribution is 2.33. The Hall–Kier alpha value is -0.380. The van der Waals surface area contributed by atoms with Gasteiger partial charge in [0.05, 0.1) is 6.04 Å². The minimum Gasteiger partial charge on any atom is -0.326 e. The monoisotopic (exact) mass is 324 g/mol. The molecule has 0 aromatic heterocycles. The summed E-state index contributed by atoms with van der Waals surface area (Å²) >= 11 is 3.68. The summed E-state index contributed by atoms with van der Waals surface area (Å²) in [7, 11) is 0. The number of piperidine rings is 1. The first-order valence-electron chi connectivity index (χ1n) is 7.37. The quantitative estimate of drug-likeness (QED) is 0.908. The summed E-state index contributed by atoms with van der Waals surface area (Å²) in [5.41, 5.74) is 7.62. The molecule has 1 heterocycles. The van der Waals surface area contributed by atoms with Crippen molar-refractivity contribution in [2.45, 2.75) is 45.2 Å². The van der Waals surface area contributed by atoms with Gasteiger partial charge in [0, 0.05) is 17.1 Å². The van der Waals surface area contributed by atoms with E-state index in [2.05, 4.69) is 58.9 Å². The van der Waals surface area contributed by atoms with Crippen LogP contribution in [0.5, 0.6) is 0 Å². The number of likely N-dealkylation sites (tertiary alicyclic amines) is 1. The third-order valence-corrected chi connectivity index (χ3v) is 4.97. The molecule has 0 saturated carbocycles. The van der Waals surface area contributed by atoms with E-state index in [1.54, 1.807) is 0 Å². The predicted octanol–water partition coefficient (Wildman–Crippen LogP) is 3.96. The van der Waals surface area contributed by atoms with Crippen LogP contribution < -0.4 is 5.73 Å². The zero-order chi connectivity index (χ0) is 13.8. The lowest BCUT2D eigenvalue weighted by molar-refractivity contribution is 0.108. The molecule has 1 aliphatic rings. The molecule has 3 unspecified atom stereocenters. The van der Waals surface area contributed by atoms with Crippen molar-refractivity contribution in [2.24, 2.45) is 11.7 Å². The molecule has 1 fully saturated rings. The number of rotatable bonds is 4. The number of halogens is 1. The van der Waals surface area contributed by atoms with Crippen LogP contribution in [0.1, 0.15) is 44.7 Å². The summed E-state index contributed by atoms with van der Waals surface area (Å²) in [5, 5.41) is 0. The molecule has 0 aliphatic carbocycles. The highest BCUT2D eigenvalue weighted by molar-refractivity contribution is 9.10. The number of hydrogen-bond donors (Lipinski definition) is 1. The molecule has 1 aromatic carbocycles. The zero-order valence-corrected chi connectivity index (χ0v) is 13.6. The topological polar surface area (TPSA) is 29.3 Å². The first-order valence-corrected chi connectivity index (χ1v) is 8.16. The van der Waals surface area contributed by atoms with E-state index in [1.807, 2.05) is 0 Å². The number of nitrogens with zero attached hydrogens (tertiary/aromatic N) is 1. The van der Waals surface area contributed by atoms with Crippen molar-refractivity contribution in [2.75, 3.05) is 13.1 Å². The number of nitrogens with two attached hydrogens (primary N) is 1. The summed E-state index contributed by atoms with van der Waals surface area (Å²) in [6.07, 6.45) is 3.94. The van der Waals surface area contributed by atoms with Gasteiger partial charge in [-0.2, -0.15) is 0 Å². The second-order valence-corrected chi connectivity index (χ2v) is 6.59. The Bertz CT molecular complexity index is 405. The smallest absolute Gasteiger partial charge is 0.0507 e. The van der Waals surface area contributed by atoms with Gasteiger partial charge in [0.15, 0.2) is 0 Å². The Morgan fingerprint density at radius 1 is 1.42 bits per heavy atom. The Kier molecular flexibility index (Phi) is 5.43. The van der Waals surface area contributed by atoms with Crippen LogP contribution in [0.25, 0.3) is 0 Å². The van der Waals surface area contributed by atoms with Crippen LogP contribution in [0, 0.1) is 5.92 Å². The molecule has 0 amide bonds. The van der Waals surface area contributed by atoms with E-state index < -0.39 is 0 Å². The van der Waals surface area contributed by atoms with Gasteiger partial charge in [-0.25, -0.2) is 0 Å². The Balaban J connectivity index is 2.23. The molecule has 3 atom stereocenters. The molecule has 19 heavy (non-hydrogen) atoms. The molecular formula is C16H25BrN2. The van der Waals surface area contributed by atoms with E-state index in [4.69, 9.17) is 5.73 Å². The Labute approximate surface area is 125 Å². The van der Waals surface area contributed by atoms with E-state index >= 15 is 0 Å². The lowest BCUT2D eigenvalue weighted by Crippen LogP contribution is -2.44. The van der Waals surface area contributed by atoms with Crippen molar-refractivity contribution in [3.8, 4) is 0 Å². The van der Waals surface area contributed by atoms with Gasteiger partial charge in [-0.05, 0) is 43.9 Å². The molecule has 106 valence electrons. The zero-order valence-electron chi connectivity index (χ0n) is 12.0. The highest BCUT2D eigenvalue weighted by Gasteiger charge is 2.29. The lowest BCUT2D eigenvalue weighted by atomic mass is 9.91. The van der Waals surface area contributed by atoms with E-state index in [9.17, 15) is 0 Å². The largest absolute Gasteiger partial charge is 0.326 e. The van der Waals surface area contributed by atoms with Crippen molar-refractivity contribution in [3.63, 3.8) is 0 Å². The van der Waals surface area contributed by atoms with Gasteiger partial charge in [0.1, 0.15) is 0 Å². The van der Waals surface area contributed by atoms with Gasteiger partial charge >= 0.3 is 0 Å². The molecule has 1 aromatic rings. The van der Waals surface area contributed by atoms with Gasteiger partial charge in [0.25, 0.3) is 0 Å². The van der Waals surface area contributed by atoms with Crippen LogP contribution in [0.2, 0.25) is 0 Å². The highest BCUT2D eigenvalue weighted by atomic mass is 79.9. The normalized spacial score (nSPS) is 24.1. The van der Waals surface area contributed by atoms with Crippen LogP contribution in [0.3, 0.4) is 0 Å². The van der Waals surface area contributed by atoms with E-state index in [1.165, 1.54) is 42.4 Å². The first-order chi connectivity index (χ1) is 9.13. The second-order valence-electron chi connectivity index (χ2n) is 5.74. The number of benzene rings is 1. The lowest BCUT2D eigenvalue weighted by Gasteiger charge is -2.40. The fourth-order valence-electron chi connectivity index (χ4n) is 3.21. The maximum atomic E-state index is 6.29. The van der Waals surface area contributed by atoms with Crippen LogP contribution in [-0.2, 0) is 0 Å². The minimum atomic E-state index is 0.148. The van der Waals surface area contributed by atoms with Crippen LogP contribution in [-0.4, -0.2) is 24.0 Å². The molecule has 0 spiro atoms. The van der Waals surface area contributed by atoms with Gasteiger partial charge in [0.2, 0.25) is 0 Å². The third kappa shape index (κ3) is 3.59. The van der Waals surface area contributed by atoms with Crippen molar-refractivity contribution < 1.29 is 0 Å². The van der Waals surface area contributed by atoms with E-state index in [0.717, 1.165) is 5.92 Å². The summed E-state index contributed by atoms with van der Waals surface area (Å²) in [6, 6.07) is 8.96. The van der Waals surface area contributed by atoms with Crippen LogP contribution in [0.4, 0.5) is 0 Å². The summed E-state index contributed by atoms with van der Waals surface area (Å²) in [5.74, 6) is 0.831. The van der Waals surface area contributed by atoms with Crippen LogP contribution >= 0.6 is 15.9 Å². The molecule has 2 N–H and O–H groups in total. The van der Waals surface area contributed by atoms with Crippen LogP contribution in [0.15, 0.2) is 28.7 Å². The molecule has 1 saturated heterocycles. The molecular weight excluding hydrogens is 300 g/mol. The Morgan fingerprint density at radius 2 is 2.16 bits per heavy atom. The maximum Gasteiger partial charge on any atom is 0.0507 e. The summed E-state index contributed by atoms with van der Waals surface area (Å²) in [6.45, 7) is 6.78. The summed E-state index contributed by atoms with van der Waals surface area (Å²) < 4.78 is 1.18. The van der Waals surface area contributed by atoms with E-state index in [-0.39, 0.29) is 6.04 Å². The van der Waals surface area contributed by atoms with Gasteiger partial charge < -0.3 is 5.73 Å². The van der Waals surface area contributed by atoms with Crippen molar-refractivity contribution in [1.29, 1.82) is 0 Å².